The smallest absolute Gasteiger partial charge is 0.163 e. The number of nitriles is 1. The number of nitrogens with zero attached hydrogens (tertiary/aromatic N) is 4. The second-order valence-corrected chi connectivity index (χ2v) is 5.74. The van der Waals surface area contributed by atoms with Gasteiger partial charge in [0.05, 0.1) is 22.0 Å². The SMILES string of the molecule is Cc1nn(-c2ccc(C#N)c(Cl)c2)c(C)c1OCc1ccncc1. The van der Waals surface area contributed by atoms with Crippen LogP contribution >= 0.6 is 11.6 Å². The molecule has 0 bridgehead atoms. The molecule has 120 valence electrons. The van der Waals surface area contributed by atoms with E-state index in [9.17, 15) is 0 Å². The van der Waals surface area contributed by atoms with E-state index < -0.39 is 0 Å². The highest BCUT2D eigenvalue weighted by molar-refractivity contribution is 6.31. The van der Waals surface area contributed by atoms with Crippen molar-refractivity contribution in [3.8, 4) is 17.5 Å². The highest BCUT2D eigenvalue weighted by atomic mass is 35.5. The van der Waals surface area contributed by atoms with Crippen molar-refractivity contribution in [2.45, 2.75) is 20.5 Å². The Bertz CT molecular complexity index is 913. The van der Waals surface area contributed by atoms with Crippen molar-refractivity contribution in [1.29, 1.82) is 5.26 Å². The molecule has 0 unspecified atom stereocenters. The molecule has 0 N–H and O–H groups in total. The fourth-order valence-electron chi connectivity index (χ4n) is 2.45. The first-order valence-electron chi connectivity index (χ1n) is 7.38. The van der Waals surface area contributed by atoms with Crippen molar-refractivity contribution in [3.05, 3.63) is 70.3 Å². The maximum Gasteiger partial charge on any atom is 0.163 e. The van der Waals surface area contributed by atoms with Gasteiger partial charge < -0.3 is 4.74 Å². The molecule has 0 atom stereocenters. The quantitative estimate of drug-likeness (QED) is 0.721. The average Bonchev–Trinajstić information content (AvgIpc) is 2.88. The van der Waals surface area contributed by atoms with E-state index in [0.29, 0.717) is 17.2 Å². The van der Waals surface area contributed by atoms with E-state index in [1.54, 1.807) is 29.2 Å². The number of halogens is 1. The van der Waals surface area contributed by atoms with Gasteiger partial charge in [0.15, 0.2) is 5.75 Å². The Morgan fingerprint density at radius 1 is 1.21 bits per heavy atom. The Morgan fingerprint density at radius 3 is 2.62 bits per heavy atom. The largest absolute Gasteiger partial charge is 0.485 e. The lowest BCUT2D eigenvalue weighted by atomic mass is 10.2. The fraction of sp³-hybridized carbons (Fsp3) is 0.167. The molecular weight excluding hydrogens is 324 g/mol. The summed E-state index contributed by atoms with van der Waals surface area (Å²) in [4.78, 5) is 3.99. The van der Waals surface area contributed by atoms with Crippen LogP contribution in [0.3, 0.4) is 0 Å². The molecule has 0 radical (unpaired) electrons. The van der Waals surface area contributed by atoms with Gasteiger partial charge in [-0.05, 0) is 49.7 Å². The van der Waals surface area contributed by atoms with Crippen LogP contribution in [0.1, 0.15) is 22.5 Å². The van der Waals surface area contributed by atoms with Gasteiger partial charge in [0, 0.05) is 12.4 Å². The predicted octanol–water partition coefficient (Wildman–Crippen LogP) is 3.99. The summed E-state index contributed by atoms with van der Waals surface area (Å²) >= 11 is 6.12. The second kappa shape index (κ2) is 6.73. The Labute approximate surface area is 145 Å². The zero-order valence-corrected chi connectivity index (χ0v) is 14.1. The van der Waals surface area contributed by atoms with E-state index >= 15 is 0 Å². The molecule has 1 aromatic carbocycles. The third-order valence-electron chi connectivity index (χ3n) is 3.68. The molecule has 3 aromatic rings. The highest BCUT2D eigenvalue weighted by Gasteiger charge is 2.15. The third kappa shape index (κ3) is 3.10. The van der Waals surface area contributed by atoms with E-state index in [2.05, 4.69) is 16.2 Å². The van der Waals surface area contributed by atoms with Gasteiger partial charge in [-0.25, -0.2) is 4.68 Å². The van der Waals surface area contributed by atoms with Gasteiger partial charge in [-0.15, -0.1) is 0 Å². The molecule has 0 fully saturated rings. The first-order valence-corrected chi connectivity index (χ1v) is 7.76. The van der Waals surface area contributed by atoms with Crippen LogP contribution in [0.25, 0.3) is 5.69 Å². The molecule has 0 saturated heterocycles. The molecule has 0 aliphatic heterocycles. The lowest BCUT2D eigenvalue weighted by Gasteiger charge is -2.08. The molecule has 6 heteroatoms. The molecule has 0 spiro atoms. The van der Waals surface area contributed by atoms with E-state index in [1.807, 2.05) is 32.0 Å². The summed E-state index contributed by atoms with van der Waals surface area (Å²) < 4.78 is 7.70. The Hall–Kier alpha value is -2.84. The zero-order valence-electron chi connectivity index (χ0n) is 13.3. The number of benzene rings is 1. The first kappa shape index (κ1) is 16.0. The zero-order chi connectivity index (χ0) is 17.1. The minimum absolute atomic E-state index is 0.404. The molecule has 3 rings (SSSR count). The van der Waals surface area contributed by atoms with Crippen LogP contribution in [0.2, 0.25) is 5.02 Å². The van der Waals surface area contributed by atoms with Crippen molar-refractivity contribution in [2.24, 2.45) is 0 Å². The van der Waals surface area contributed by atoms with E-state index in [4.69, 9.17) is 21.6 Å². The maximum absolute atomic E-state index is 8.98. The molecule has 24 heavy (non-hydrogen) atoms. The Balaban J connectivity index is 1.89. The molecule has 0 saturated carbocycles. The standard InChI is InChI=1S/C18H15ClN4O/c1-12-18(24-11-14-5-7-21-8-6-14)13(2)23(22-12)16-4-3-15(10-20)17(19)9-16/h3-9H,11H2,1-2H3. The van der Waals surface area contributed by atoms with Crippen LogP contribution in [0, 0.1) is 25.2 Å². The van der Waals surface area contributed by atoms with Gasteiger partial charge >= 0.3 is 0 Å². The third-order valence-corrected chi connectivity index (χ3v) is 3.99. The molecule has 0 aliphatic carbocycles. The summed E-state index contributed by atoms with van der Waals surface area (Å²) in [6.07, 6.45) is 3.47. The van der Waals surface area contributed by atoms with Crippen LogP contribution < -0.4 is 4.74 Å². The van der Waals surface area contributed by atoms with Crippen LogP contribution in [-0.2, 0) is 6.61 Å². The average molecular weight is 339 g/mol. The molecule has 2 aromatic heterocycles. The number of rotatable bonds is 4. The number of pyridine rings is 1. The normalized spacial score (nSPS) is 10.4. The van der Waals surface area contributed by atoms with Gasteiger partial charge in [0.1, 0.15) is 18.4 Å². The van der Waals surface area contributed by atoms with Crippen LogP contribution in [0.4, 0.5) is 0 Å². The monoisotopic (exact) mass is 338 g/mol. The number of ether oxygens (including phenoxy) is 1. The van der Waals surface area contributed by atoms with Gasteiger partial charge in [0.2, 0.25) is 0 Å². The van der Waals surface area contributed by atoms with E-state index in [0.717, 1.165) is 28.4 Å². The number of aromatic nitrogens is 3. The molecule has 5 nitrogen and oxygen atoms in total. The molecule has 2 heterocycles. The summed E-state index contributed by atoms with van der Waals surface area (Å²) in [5, 5.41) is 13.9. The summed E-state index contributed by atoms with van der Waals surface area (Å²) in [7, 11) is 0. The van der Waals surface area contributed by atoms with Crippen molar-refractivity contribution >= 4 is 11.6 Å². The summed E-state index contributed by atoms with van der Waals surface area (Å²) in [6, 6.07) is 11.1. The maximum atomic E-state index is 8.98. The summed E-state index contributed by atoms with van der Waals surface area (Å²) in [6.45, 7) is 4.29. The highest BCUT2D eigenvalue weighted by Crippen LogP contribution is 2.27. The fourth-order valence-corrected chi connectivity index (χ4v) is 2.67. The van der Waals surface area contributed by atoms with Crippen molar-refractivity contribution in [3.63, 3.8) is 0 Å². The van der Waals surface area contributed by atoms with Crippen LogP contribution in [0.15, 0.2) is 42.7 Å². The molecule has 0 amide bonds. The van der Waals surface area contributed by atoms with Gasteiger partial charge in [-0.2, -0.15) is 10.4 Å². The number of hydrogen-bond acceptors (Lipinski definition) is 4. The van der Waals surface area contributed by atoms with Crippen LogP contribution in [-0.4, -0.2) is 14.8 Å². The van der Waals surface area contributed by atoms with Gasteiger partial charge in [-0.3, -0.25) is 4.98 Å². The lowest BCUT2D eigenvalue weighted by Crippen LogP contribution is -2.00. The Kier molecular flexibility index (Phi) is 4.50. The van der Waals surface area contributed by atoms with Gasteiger partial charge in [-0.1, -0.05) is 11.6 Å². The second-order valence-electron chi connectivity index (χ2n) is 5.33. The summed E-state index contributed by atoms with van der Waals surface area (Å²) in [5.74, 6) is 0.743. The van der Waals surface area contributed by atoms with Crippen LogP contribution in [0.5, 0.6) is 5.75 Å². The van der Waals surface area contributed by atoms with Crippen molar-refractivity contribution in [2.75, 3.05) is 0 Å². The number of aryl methyl sites for hydroxylation is 1. The minimum Gasteiger partial charge on any atom is -0.485 e. The lowest BCUT2D eigenvalue weighted by molar-refractivity contribution is 0.301. The predicted molar refractivity (Wildman–Crippen MR) is 91.3 cm³/mol. The van der Waals surface area contributed by atoms with Gasteiger partial charge in [0.25, 0.3) is 0 Å². The van der Waals surface area contributed by atoms with E-state index in [-0.39, 0.29) is 0 Å². The van der Waals surface area contributed by atoms with E-state index in [1.165, 1.54) is 0 Å². The van der Waals surface area contributed by atoms with Crippen molar-refractivity contribution < 1.29 is 4.74 Å². The minimum atomic E-state index is 0.404. The Morgan fingerprint density at radius 2 is 1.96 bits per heavy atom. The summed E-state index contributed by atoms with van der Waals surface area (Å²) in [5.41, 5.74) is 3.94. The first-order chi connectivity index (χ1) is 11.6. The molecule has 0 aliphatic rings. The van der Waals surface area contributed by atoms with Crippen molar-refractivity contribution in [1.82, 2.24) is 14.8 Å². The molecular formula is C18H15ClN4O. The number of hydrogen-bond donors (Lipinski definition) is 0. The topological polar surface area (TPSA) is 63.7 Å².